The SMILES string of the molecule is CP(C)C.[AlH3]. The summed E-state index contributed by atoms with van der Waals surface area (Å²) in [6.45, 7) is 6.69. The fourth-order valence-electron chi connectivity index (χ4n) is 0. The maximum atomic E-state index is 2.23. The van der Waals surface area contributed by atoms with E-state index in [1.54, 1.807) is 0 Å². The minimum absolute atomic E-state index is 0. The molecule has 0 saturated heterocycles. The van der Waals surface area contributed by atoms with Crippen LogP contribution in [0.4, 0.5) is 0 Å². The molecule has 0 rings (SSSR count). The largest absolute Gasteiger partial charge is 0.187 e. The quantitative estimate of drug-likeness (QED) is 0.305. The normalized spacial score (nSPS) is 7.20. The van der Waals surface area contributed by atoms with Crippen LogP contribution in [0.1, 0.15) is 0 Å². The first-order valence-corrected chi connectivity index (χ1v) is 4.02. The summed E-state index contributed by atoms with van der Waals surface area (Å²) in [6, 6.07) is 0. The predicted octanol–water partition coefficient (Wildman–Crippen LogP) is 0.174. The first kappa shape index (κ1) is 9.35. The Morgan fingerprint density at radius 3 is 1.00 bits per heavy atom. The van der Waals surface area contributed by atoms with Crippen LogP contribution in [0.2, 0.25) is 0 Å². The zero-order chi connectivity index (χ0) is 3.58. The Labute approximate surface area is 45.8 Å². The molecule has 0 unspecified atom stereocenters. The summed E-state index contributed by atoms with van der Waals surface area (Å²) in [5.41, 5.74) is 0. The van der Waals surface area contributed by atoms with Crippen LogP contribution in [0.3, 0.4) is 0 Å². The van der Waals surface area contributed by atoms with E-state index in [0.717, 1.165) is 0 Å². The summed E-state index contributed by atoms with van der Waals surface area (Å²) in [4.78, 5) is 0. The van der Waals surface area contributed by atoms with E-state index >= 15 is 0 Å². The lowest BCUT2D eigenvalue weighted by Crippen LogP contribution is -1.48. The van der Waals surface area contributed by atoms with Crippen molar-refractivity contribution in [3.8, 4) is 0 Å². The van der Waals surface area contributed by atoms with E-state index in [4.69, 9.17) is 0 Å². The molecule has 0 saturated carbocycles. The van der Waals surface area contributed by atoms with Crippen LogP contribution in [0.15, 0.2) is 0 Å². The van der Waals surface area contributed by atoms with Gasteiger partial charge < -0.3 is 0 Å². The van der Waals surface area contributed by atoms with Gasteiger partial charge in [-0.2, -0.15) is 0 Å². The Kier molecular flexibility index (Phi) is 9.28. The molecule has 0 spiro atoms. The Morgan fingerprint density at radius 2 is 1.00 bits per heavy atom. The van der Waals surface area contributed by atoms with Gasteiger partial charge in [-0.1, -0.05) is 0 Å². The fraction of sp³-hybridized carbons (Fsp3) is 1.00. The Balaban J connectivity index is 0. The Morgan fingerprint density at radius 1 is 1.00 bits per heavy atom. The third kappa shape index (κ3) is 47.0. The Bertz CT molecular complexity index is 11.6. The first-order valence-electron chi connectivity index (χ1n) is 1.34. The minimum atomic E-state index is 0. The van der Waals surface area contributed by atoms with Gasteiger partial charge in [0.25, 0.3) is 0 Å². The standard InChI is InChI=1S/C3H9P.Al.3H/c1-4(2)3;;;;/h1-3H3;;;;. The molecule has 0 radical (unpaired) electrons. The van der Waals surface area contributed by atoms with Crippen LogP contribution < -0.4 is 0 Å². The van der Waals surface area contributed by atoms with Gasteiger partial charge in [0.2, 0.25) is 0 Å². The highest BCUT2D eigenvalue weighted by Gasteiger charge is 1.65. The molecule has 0 amide bonds. The van der Waals surface area contributed by atoms with Gasteiger partial charge in [0.15, 0.2) is 17.4 Å². The van der Waals surface area contributed by atoms with Gasteiger partial charge in [0, 0.05) is 0 Å². The van der Waals surface area contributed by atoms with Crippen LogP contribution in [-0.4, -0.2) is 37.4 Å². The molecule has 2 heteroatoms. The van der Waals surface area contributed by atoms with Crippen LogP contribution in [0.25, 0.3) is 0 Å². The number of hydrogen-bond acceptors (Lipinski definition) is 0. The highest BCUT2D eigenvalue weighted by molar-refractivity contribution is 7.55. The van der Waals surface area contributed by atoms with Crippen LogP contribution in [0, 0.1) is 0 Å². The summed E-state index contributed by atoms with van der Waals surface area (Å²) in [6.07, 6.45) is 0. The van der Waals surface area contributed by atoms with E-state index in [-0.39, 0.29) is 17.4 Å². The molecule has 0 aromatic rings. The van der Waals surface area contributed by atoms with Gasteiger partial charge in [-0.3, -0.25) is 0 Å². The van der Waals surface area contributed by atoms with Crippen LogP contribution in [0.5, 0.6) is 0 Å². The van der Waals surface area contributed by atoms with Crippen molar-refractivity contribution >= 4 is 25.3 Å². The Hall–Kier alpha value is 0.962. The van der Waals surface area contributed by atoms with Crippen molar-refractivity contribution in [2.75, 3.05) is 20.0 Å². The van der Waals surface area contributed by atoms with Gasteiger partial charge in [0.1, 0.15) is 0 Å². The summed E-state index contributed by atoms with van der Waals surface area (Å²) in [5, 5.41) is 0. The molecule has 0 aliphatic heterocycles. The molecular weight excluding hydrogens is 94.0 g/mol. The summed E-state index contributed by atoms with van der Waals surface area (Å²) in [5.74, 6) is 0. The predicted molar refractivity (Wildman–Crippen MR) is 34.6 cm³/mol. The van der Waals surface area contributed by atoms with Crippen molar-refractivity contribution < 1.29 is 0 Å². The molecule has 0 atom stereocenters. The highest BCUT2D eigenvalue weighted by Crippen LogP contribution is 2.14. The molecule has 5 heavy (non-hydrogen) atoms. The lowest BCUT2D eigenvalue weighted by molar-refractivity contribution is 2.13. The van der Waals surface area contributed by atoms with Crippen molar-refractivity contribution in [3.05, 3.63) is 0 Å². The second-order valence-corrected chi connectivity index (χ2v) is 4.02. The third-order valence-corrected chi connectivity index (χ3v) is 0. The second kappa shape index (κ2) is 4.96. The lowest BCUT2D eigenvalue weighted by atomic mass is 11.9. The zero-order valence-electron chi connectivity index (χ0n) is 3.45. The highest BCUT2D eigenvalue weighted by atomic mass is 31.1. The average molecular weight is 106 g/mol. The van der Waals surface area contributed by atoms with E-state index in [1.165, 1.54) is 0 Å². The summed E-state index contributed by atoms with van der Waals surface area (Å²) >= 11 is 0. The van der Waals surface area contributed by atoms with Crippen molar-refractivity contribution in [2.24, 2.45) is 0 Å². The zero-order valence-corrected chi connectivity index (χ0v) is 4.34. The average Bonchev–Trinajstić information content (AvgIpc) is 0.811. The van der Waals surface area contributed by atoms with Crippen LogP contribution in [-0.2, 0) is 0 Å². The van der Waals surface area contributed by atoms with E-state index in [2.05, 4.69) is 20.0 Å². The molecule has 0 fully saturated rings. The molecule has 0 N–H and O–H groups in total. The van der Waals surface area contributed by atoms with Gasteiger partial charge in [-0.15, -0.1) is 7.92 Å². The maximum absolute atomic E-state index is 2.23. The minimum Gasteiger partial charge on any atom is -0.116 e. The van der Waals surface area contributed by atoms with E-state index in [9.17, 15) is 0 Å². The van der Waals surface area contributed by atoms with Crippen molar-refractivity contribution in [3.63, 3.8) is 0 Å². The fourth-order valence-corrected chi connectivity index (χ4v) is 0. The van der Waals surface area contributed by atoms with Crippen molar-refractivity contribution in [1.29, 1.82) is 0 Å². The smallest absolute Gasteiger partial charge is 0.116 e. The second-order valence-electron chi connectivity index (χ2n) is 1.34. The molecule has 0 heterocycles. The molecule has 0 aliphatic rings. The van der Waals surface area contributed by atoms with E-state index in [1.807, 2.05) is 0 Å². The lowest BCUT2D eigenvalue weighted by Gasteiger charge is -1.81. The molecule has 0 nitrogen and oxygen atoms in total. The number of rotatable bonds is 0. The van der Waals surface area contributed by atoms with Gasteiger partial charge in [-0.25, -0.2) is 0 Å². The van der Waals surface area contributed by atoms with Crippen molar-refractivity contribution in [2.45, 2.75) is 0 Å². The van der Waals surface area contributed by atoms with E-state index in [0.29, 0.717) is 7.92 Å². The molecule has 0 bridgehead atoms. The molecule has 0 aromatic carbocycles. The maximum Gasteiger partial charge on any atom is 0.187 e. The third-order valence-electron chi connectivity index (χ3n) is 0. The topological polar surface area (TPSA) is 0 Å². The summed E-state index contributed by atoms with van der Waals surface area (Å²) < 4.78 is 0. The van der Waals surface area contributed by atoms with Gasteiger partial charge in [-0.05, 0) is 20.0 Å². The number of hydrogen-bond donors (Lipinski definition) is 0. The van der Waals surface area contributed by atoms with Crippen molar-refractivity contribution in [1.82, 2.24) is 0 Å². The molecule has 0 aliphatic carbocycles. The summed E-state index contributed by atoms with van der Waals surface area (Å²) in [7, 11) is 0.380. The monoisotopic (exact) mass is 106 g/mol. The van der Waals surface area contributed by atoms with Crippen LogP contribution >= 0.6 is 7.92 Å². The molecule has 0 aromatic heterocycles. The molecule has 32 valence electrons. The van der Waals surface area contributed by atoms with Gasteiger partial charge in [0.05, 0.1) is 0 Å². The van der Waals surface area contributed by atoms with Gasteiger partial charge >= 0.3 is 0 Å². The van der Waals surface area contributed by atoms with E-state index < -0.39 is 0 Å². The molecular formula is C3H12AlP. The first-order chi connectivity index (χ1) is 1.73.